The molecule has 0 aliphatic carbocycles. The predicted octanol–water partition coefficient (Wildman–Crippen LogP) is 3.42. The Morgan fingerprint density at radius 2 is 1.97 bits per heavy atom. The highest BCUT2D eigenvalue weighted by Gasteiger charge is 2.18. The molecule has 152 valence electrons. The van der Waals surface area contributed by atoms with Gasteiger partial charge in [0.2, 0.25) is 5.88 Å². The van der Waals surface area contributed by atoms with E-state index in [2.05, 4.69) is 15.4 Å². The summed E-state index contributed by atoms with van der Waals surface area (Å²) in [7, 11) is 1.79. The van der Waals surface area contributed by atoms with Crippen LogP contribution in [0.2, 0.25) is 5.02 Å². The van der Waals surface area contributed by atoms with Crippen molar-refractivity contribution in [1.29, 1.82) is 0 Å². The standard InChI is InChI=1S/C20H21ClN4O4/c1-11-7-12(2)22-19-18(11)20(24-25(19)3)29-10-17(26)23-14-9-16-15(8-13(14)21)27-5-4-6-28-16/h7-9H,4-6,10H2,1-3H3,(H,23,26). The number of aryl methyl sites for hydroxylation is 3. The molecule has 8 nitrogen and oxygen atoms in total. The van der Waals surface area contributed by atoms with E-state index in [1.807, 2.05) is 19.9 Å². The van der Waals surface area contributed by atoms with E-state index in [1.165, 1.54) is 0 Å². The summed E-state index contributed by atoms with van der Waals surface area (Å²) in [6.07, 6.45) is 0.785. The lowest BCUT2D eigenvalue weighted by atomic mass is 10.2. The maximum Gasteiger partial charge on any atom is 0.262 e. The first-order valence-electron chi connectivity index (χ1n) is 9.25. The number of hydrogen-bond acceptors (Lipinski definition) is 6. The molecule has 3 aromatic rings. The third-order valence-corrected chi connectivity index (χ3v) is 4.85. The van der Waals surface area contributed by atoms with Gasteiger partial charge in [0.1, 0.15) is 0 Å². The molecule has 1 amide bonds. The van der Waals surface area contributed by atoms with E-state index in [-0.39, 0.29) is 12.5 Å². The van der Waals surface area contributed by atoms with Gasteiger partial charge in [0, 0.05) is 31.3 Å². The van der Waals surface area contributed by atoms with Gasteiger partial charge in [-0.05, 0) is 25.5 Å². The quantitative estimate of drug-likeness (QED) is 0.701. The van der Waals surface area contributed by atoms with Crippen molar-refractivity contribution in [2.45, 2.75) is 20.3 Å². The molecule has 1 aliphatic heterocycles. The average Bonchev–Trinajstić information content (AvgIpc) is 2.83. The van der Waals surface area contributed by atoms with Crippen LogP contribution in [-0.4, -0.2) is 40.5 Å². The van der Waals surface area contributed by atoms with E-state index >= 15 is 0 Å². The molecule has 0 saturated carbocycles. The summed E-state index contributed by atoms with van der Waals surface area (Å²) in [6, 6.07) is 5.25. The molecule has 0 bridgehead atoms. The Hall–Kier alpha value is -3.00. The molecular weight excluding hydrogens is 396 g/mol. The molecule has 2 aromatic heterocycles. The number of benzene rings is 1. The van der Waals surface area contributed by atoms with Crippen LogP contribution in [0.1, 0.15) is 17.7 Å². The van der Waals surface area contributed by atoms with E-state index in [0.29, 0.717) is 46.9 Å². The van der Waals surface area contributed by atoms with Gasteiger partial charge in [0.25, 0.3) is 5.91 Å². The first-order chi connectivity index (χ1) is 13.9. The highest BCUT2D eigenvalue weighted by atomic mass is 35.5. The molecule has 29 heavy (non-hydrogen) atoms. The monoisotopic (exact) mass is 416 g/mol. The summed E-state index contributed by atoms with van der Waals surface area (Å²) in [6.45, 7) is 4.78. The largest absolute Gasteiger partial charge is 0.490 e. The molecule has 3 heterocycles. The normalized spacial score (nSPS) is 13.2. The van der Waals surface area contributed by atoms with Crippen LogP contribution in [0.4, 0.5) is 5.69 Å². The van der Waals surface area contributed by atoms with E-state index in [4.69, 9.17) is 25.8 Å². The van der Waals surface area contributed by atoms with Crippen LogP contribution in [0.15, 0.2) is 18.2 Å². The molecule has 1 N–H and O–H groups in total. The molecular formula is C20H21ClN4O4. The number of aromatic nitrogens is 3. The lowest BCUT2D eigenvalue weighted by molar-refractivity contribution is -0.118. The van der Waals surface area contributed by atoms with Crippen LogP contribution in [0.25, 0.3) is 11.0 Å². The summed E-state index contributed by atoms with van der Waals surface area (Å²) in [5.41, 5.74) is 3.03. The summed E-state index contributed by atoms with van der Waals surface area (Å²) >= 11 is 6.28. The molecule has 1 aromatic carbocycles. The third-order valence-electron chi connectivity index (χ3n) is 4.54. The molecule has 0 radical (unpaired) electrons. The topological polar surface area (TPSA) is 87.5 Å². The minimum Gasteiger partial charge on any atom is -0.490 e. The number of halogens is 1. The van der Waals surface area contributed by atoms with Gasteiger partial charge in [-0.2, -0.15) is 0 Å². The number of anilines is 1. The smallest absolute Gasteiger partial charge is 0.262 e. The van der Waals surface area contributed by atoms with Gasteiger partial charge < -0.3 is 19.5 Å². The third kappa shape index (κ3) is 3.93. The Morgan fingerprint density at radius 1 is 1.24 bits per heavy atom. The summed E-state index contributed by atoms with van der Waals surface area (Å²) in [5.74, 6) is 1.13. The number of ether oxygens (including phenoxy) is 3. The molecule has 9 heteroatoms. The van der Waals surface area contributed by atoms with Crippen molar-refractivity contribution < 1.29 is 19.0 Å². The van der Waals surface area contributed by atoms with Crippen LogP contribution in [0, 0.1) is 13.8 Å². The first-order valence-corrected chi connectivity index (χ1v) is 9.63. The average molecular weight is 417 g/mol. The van der Waals surface area contributed by atoms with Crippen LogP contribution in [0.3, 0.4) is 0 Å². The molecule has 1 aliphatic rings. The minimum absolute atomic E-state index is 0.218. The van der Waals surface area contributed by atoms with Crippen molar-refractivity contribution >= 4 is 34.2 Å². The molecule has 0 fully saturated rings. The van der Waals surface area contributed by atoms with Crippen molar-refractivity contribution in [1.82, 2.24) is 14.8 Å². The number of carbonyl (C=O) groups excluding carboxylic acids is 1. The van der Waals surface area contributed by atoms with Crippen LogP contribution in [-0.2, 0) is 11.8 Å². The second-order valence-electron chi connectivity index (χ2n) is 6.87. The highest BCUT2D eigenvalue weighted by Crippen LogP contribution is 2.37. The molecule has 4 rings (SSSR count). The number of amides is 1. The lowest BCUT2D eigenvalue weighted by Gasteiger charge is -2.12. The maximum absolute atomic E-state index is 12.4. The zero-order valence-corrected chi connectivity index (χ0v) is 17.2. The summed E-state index contributed by atoms with van der Waals surface area (Å²) in [5, 5.41) is 8.25. The van der Waals surface area contributed by atoms with Gasteiger partial charge in [0.15, 0.2) is 23.8 Å². The Kier molecular flexibility index (Phi) is 5.19. The SMILES string of the molecule is Cc1cc(C)c2c(OCC(=O)Nc3cc4c(cc3Cl)OCCCO4)nn(C)c2n1. The number of pyridine rings is 1. The van der Waals surface area contributed by atoms with Crippen molar-refractivity contribution in [3.05, 3.63) is 34.5 Å². The van der Waals surface area contributed by atoms with Crippen molar-refractivity contribution in [2.75, 3.05) is 25.1 Å². The van der Waals surface area contributed by atoms with Crippen LogP contribution in [0.5, 0.6) is 17.4 Å². The van der Waals surface area contributed by atoms with Gasteiger partial charge in [-0.3, -0.25) is 4.79 Å². The number of rotatable bonds is 4. The van der Waals surface area contributed by atoms with Crippen molar-refractivity contribution in [2.24, 2.45) is 7.05 Å². The van der Waals surface area contributed by atoms with E-state index in [1.54, 1.807) is 23.9 Å². The Morgan fingerprint density at radius 3 is 2.72 bits per heavy atom. The fraction of sp³-hybridized carbons (Fsp3) is 0.350. The van der Waals surface area contributed by atoms with E-state index < -0.39 is 0 Å². The van der Waals surface area contributed by atoms with Gasteiger partial charge in [-0.1, -0.05) is 11.6 Å². The maximum atomic E-state index is 12.4. The number of carbonyl (C=O) groups is 1. The highest BCUT2D eigenvalue weighted by molar-refractivity contribution is 6.34. The fourth-order valence-electron chi connectivity index (χ4n) is 3.25. The number of nitrogens with zero attached hydrogens (tertiary/aromatic N) is 3. The molecule has 0 spiro atoms. The minimum atomic E-state index is -0.363. The van der Waals surface area contributed by atoms with E-state index in [0.717, 1.165) is 23.1 Å². The molecule has 0 atom stereocenters. The van der Waals surface area contributed by atoms with Gasteiger partial charge in [0.05, 0.1) is 29.3 Å². The number of hydrogen-bond donors (Lipinski definition) is 1. The fourth-order valence-corrected chi connectivity index (χ4v) is 3.45. The van der Waals surface area contributed by atoms with Crippen LogP contribution < -0.4 is 19.5 Å². The zero-order chi connectivity index (χ0) is 20.5. The number of fused-ring (bicyclic) bond motifs is 2. The summed E-state index contributed by atoms with van der Waals surface area (Å²) in [4.78, 5) is 16.9. The predicted molar refractivity (Wildman–Crippen MR) is 109 cm³/mol. The summed E-state index contributed by atoms with van der Waals surface area (Å²) < 4.78 is 18.6. The second-order valence-corrected chi connectivity index (χ2v) is 7.28. The second kappa shape index (κ2) is 7.79. The van der Waals surface area contributed by atoms with Crippen molar-refractivity contribution in [3.8, 4) is 17.4 Å². The van der Waals surface area contributed by atoms with Gasteiger partial charge in [-0.15, -0.1) is 5.10 Å². The van der Waals surface area contributed by atoms with Gasteiger partial charge in [-0.25, -0.2) is 9.67 Å². The lowest BCUT2D eigenvalue weighted by Crippen LogP contribution is -2.20. The van der Waals surface area contributed by atoms with Crippen LogP contribution >= 0.6 is 11.6 Å². The number of nitrogens with one attached hydrogen (secondary N) is 1. The Balaban J connectivity index is 1.49. The zero-order valence-electron chi connectivity index (χ0n) is 16.4. The first kappa shape index (κ1) is 19.3. The molecule has 0 unspecified atom stereocenters. The Labute approximate surface area is 172 Å². The van der Waals surface area contributed by atoms with E-state index in [9.17, 15) is 4.79 Å². The van der Waals surface area contributed by atoms with Gasteiger partial charge >= 0.3 is 0 Å². The Bertz CT molecular complexity index is 1100. The van der Waals surface area contributed by atoms with Crippen molar-refractivity contribution in [3.63, 3.8) is 0 Å². The molecule has 0 saturated heterocycles.